The summed E-state index contributed by atoms with van der Waals surface area (Å²) in [5, 5.41) is 3.33. The van der Waals surface area contributed by atoms with E-state index in [1.165, 1.54) is 5.56 Å². The van der Waals surface area contributed by atoms with Gasteiger partial charge < -0.3 is 0 Å². The van der Waals surface area contributed by atoms with E-state index in [2.05, 4.69) is 37.8 Å². The van der Waals surface area contributed by atoms with Gasteiger partial charge in [0.2, 0.25) is 0 Å². The van der Waals surface area contributed by atoms with Crippen LogP contribution in [0.15, 0.2) is 27.8 Å². The molecule has 0 aliphatic carbocycles. The summed E-state index contributed by atoms with van der Waals surface area (Å²) in [7, 11) is 0. The normalized spacial score (nSPS) is 8.43. The molecule has 0 bridgehead atoms. The highest BCUT2D eigenvalue weighted by atomic mass is 79.9. The Morgan fingerprint density at radius 2 is 2.36 bits per heavy atom. The minimum atomic E-state index is 0.205. The monoisotopic (exact) mass is 249 g/mol. The molecule has 1 aromatic carbocycles. The lowest BCUT2D eigenvalue weighted by Crippen LogP contribution is -1.80. The third-order valence-electron chi connectivity index (χ3n) is 1.56. The highest BCUT2D eigenvalue weighted by Crippen LogP contribution is 2.16. The molecule has 0 atom stereocenters. The van der Waals surface area contributed by atoms with Crippen molar-refractivity contribution in [1.82, 2.24) is 0 Å². The molecule has 14 heavy (non-hydrogen) atoms. The fourth-order valence-electron chi connectivity index (χ4n) is 0.923. The molecule has 0 N–H and O–H groups in total. The number of rotatable bonds is 1. The smallest absolute Gasteiger partial charge is 0.0880 e. The van der Waals surface area contributed by atoms with E-state index in [0.717, 1.165) is 10.0 Å². The molecule has 0 aromatic heterocycles. The number of nitrogens with zero attached hydrogens (tertiary/aromatic N) is 3. The van der Waals surface area contributed by atoms with Crippen molar-refractivity contribution < 1.29 is 0 Å². The van der Waals surface area contributed by atoms with Crippen LogP contribution in [0.1, 0.15) is 11.1 Å². The molecule has 0 aliphatic heterocycles. The Hall–Kier alpha value is -1.43. The van der Waals surface area contributed by atoms with E-state index in [9.17, 15) is 0 Å². The van der Waals surface area contributed by atoms with Crippen molar-refractivity contribution >= 4 is 15.9 Å². The number of azide groups is 1. The average Bonchev–Trinajstić information content (AvgIpc) is 2.15. The third-order valence-corrected chi connectivity index (χ3v) is 2.22. The summed E-state index contributed by atoms with van der Waals surface area (Å²) in [6.45, 7) is 2.22. The zero-order valence-corrected chi connectivity index (χ0v) is 9.24. The van der Waals surface area contributed by atoms with Crippen molar-refractivity contribution in [3.8, 4) is 11.8 Å². The highest BCUT2D eigenvalue weighted by molar-refractivity contribution is 9.10. The molecule has 0 saturated heterocycles. The second-order valence-electron chi connectivity index (χ2n) is 2.67. The van der Waals surface area contributed by atoms with Crippen molar-refractivity contribution in [3.63, 3.8) is 0 Å². The van der Waals surface area contributed by atoms with Crippen LogP contribution in [0.25, 0.3) is 10.4 Å². The second kappa shape index (κ2) is 5.33. The molecular formula is C10H8BrN3. The molecule has 0 unspecified atom stereocenters. The van der Waals surface area contributed by atoms with Crippen molar-refractivity contribution in [2.24, 2.45) is 5.11 Å². The number of halogens is 1. The van der Waals surface area contributed by atoms with Gasteiger partial charge in [0.15, 0.2) is 0 Å². The van der Waals surface area contributed by atoms with Crippen molar-refractivity contribution in [2.75, 3.05) is 6.54 Å². The molecule has 4 heteroatoms. The van der Waals surface area contributed by atoms with Crippen LogP contribution >= 0.6 is 15.9 Å². The second-order valence-corrected chi connectivity index (χ2v) is 3.53. The summed E-state index contributed by atoms with van der Waals surface area (Å²) in [5.74, 6) is 5.68. The van der Waals surface area contributed by atoms with Crippen LogP contribution in [0, 0.1) is 18.8 Å². The number of aryl methyl sites for hydroxylation is 1. The summed E-state index contributed by atoms with van der Waals surface area (Å²) < 4.78 is 0.964. The molecule has 0 heterocycles. The number of hydrogen-bond donors (Lipinski definition) is 0. The van der Waals surface area contributed by atoms with Crippen molar-refractivity contribution in [3.05, 3.63) is 44.2 Å². The van der Waals surface area contributed by atoms with Gasteiger partial charge >= 0.3 is 0 Å². The maximum absolute atomic E-state index is 8.04. The van der Waals surface area contributed by atoms with E-state index < -0.39 is 0 Å². The first-order valence-electron chi connectivity index (χ1n) is 4.00. The number of hydrogen-bond acceptors (Lipinski definition) is 1. The van der Waals surface area contributed by atoms with E-state index in [1.54, 1.807) is 0 Å². The van der Waals surface area contributed by atoms with Gasteiger partial charge in [0.05, 0.1) is 6.54 Å². The Morgan fingerprint density at radius 1 is 1.57 bits per heavy atom. The molecule has 0 radical (unpaired) electrons. The highest BCUT2D eigenvalue weighted by Gasteiger charge is 1.94. The van der Waals surface area contributed by atoms with E-state index in [-0.39, 0.29) is 6.54 Å². The summed E-state index contributed by atoms with van der Waals surface area (Å²) in [5.41, 5.74) is 10.1. The van der Waals surface area contributed by atoms with Crippen LogP contribution in [0.5, 0.6) is 0 Å². The van der Waals surface area contributed by atoms with Crippen LogP contribution < -0.4 is 0 Å². The fourth-order valence-corrected chi connectivity index (χ4v) is 1.52. The summed E-state index contributed by atoms with van der Waals surface area (Å²) in [4.78, 5) is 2.61. The lowest BCUT2D eigenvalue weighted by Gasteiger charge is -1.96. The van der Waals surface area contributed by atoms with Crippen molar-refractivity contribution in [1.29, 1.82) is 0 Å². The first-order chi connectivity index (χ1) is 6.74. The predicted molar refractivity (Wildman–Crippen MR) is 59.8 cm³/mol. The molecule has 0 aliphatic rings. The summed E-state index contributed by atoms with van der Waals surface area (Å²) in [6.07, 6.45) is 0. The van der Waals surface area contributed by atoms with Gasteiger partial charge in [-0.2, -0.15) is 0 Å². The van der Waals surface area contributed by atoms with Crippen molar-refractivity contribution in [2.45, 2.75) is 6.92 Å². The Kier molecular flexibility index (Phi) is 4.06. The Balaban J connectivity index is 2.84. The van der Waals surface area contributed by atoms with Crippen LogP contribution in [0.4, 0.5) is 0 Å². The van der Waals surface area contributed by atoms with Gasteiger partial charge in [-0.25, -0.2) is 0 Å². The Labute approximate surface area is 90.9 Å². The molecule has 3 nitrogen and oxygen atoms in total. The predicted octanol–water partition coefficient (Wildman–Crippen LogP) is 3.42. The first-order valence-corrected chi connectivity index (χ1v) is 4.79. The lowest BCUT2D eigenvalue weighted by atomic mass is 10.1. The molecule has 0 fully saturated rings. The van der Waals surface area contributed by atoms with Crippen LogP contribution in [-0.4, -0.2) is 6.54 Å². The largest absolute Gasteiger partial charge is 0.0919 e. The van der Waals surface area contributed by atoms with Crippen LogP contribution in [-0.2, 0) is 0 Å². The van der Waals surface area contributed by atoms with Gasteiger partial charge in [-0.15, -0.1) is 0 Å². The zero-order valence-electron chi connectivity index (χ0n) is 7.66. The lowest BCUT2D eigenvalue weighted by molar-refractivity contribution is 1.25. The fraction of sp³-hybridized carbons (Fsp3) is 0.200. The quantitative estimate of drug-likeness (QED) is 0.317. The molecule has 0 saturated carbocycles. The standard InChI is InChI=1S/C10H8BrN3/c1-8-4-5-9(10(11)7-8)3-2-6-13-14-12/h4-5,7H,6H2,1H3. The Bertz CT molecular complexity index is 436. The molecule has 70 valence electrons. The summed E-state index contributed by atoms with van der Waals surface area (Å²) >= 11 is 3.41. The van der Waals surface area contributed by atoms with Gasteiger partial charge in [-0.05, 0) is 46.1 Å². The summed E-state index contributed by atoms with van der Waals surface area (Å²) in [6, 6.07) is 5.92. The zero-order chi connectivity index (χ0) is 10.4. The van der Waals surface area contributed by atoms with Crippen LogP contribution in [0.2, 0.25) is 0 Å². The minimum absolute atomic E-state index is 0.205. The third kappa shape index (κ3) is 3.14. The number of benzene rings is 1. The minimum Gasteiger partial charge on any atom is -0.0919 e. The SMILES string of the molecule is Cc1ccc(C#CCN=[N+]=[N-])c(Br)c1. The topological polar surface area (TPSA) is 48.8 Å². The van der Waals surface area contributed by atoms with Gasteiger partial charge in [-0.1, -0.05) is 23.0 Å². The maximum atomic E-state index is 8.04. The van der Waals surface area contributed by atoms with E-state index >= 15 is 0 Å². The van der Waals surface area contributed by atoms with Crippen LogP contribution in [0.3, 0.4) is 0 Å². The molecule has 0 amide bonds. The first kappa shape index (κ1) is 10.6. The molecule has 0 spiro atoms. The van der Waals surface area contributed by atoms with E-state index in [4.69, 9.17) is 5.53 Å². The van der Waals surface area contributed by atoms with Gasteiger partial charge in [0, 0.05) is 14.9 Å². The van der Waals surface area contributed by atoms with Gasteiger partial charge in [0.25, 0.3) is 0 Å². The average molecular weight is 250 g/mol. The van der Waals surface area contributed by atoms with Gasteiger partial charge in [0.1, 0.15) is 0 Å². The van der Waals surface area contributed by atoms with E-state index in [0.29, 0.717) is 0 Å². The van der Waals surface area contributed by atoms with E-state index in [1.807, 2.05) is 25.1 Å². The maximum Gasteiger partial charge on any atom is 0.0880 e. The molecule has 1 aromatic rings. The van der Waals surface area contributed by atoms with Gasteiger partial charge in [-0.3, -0.25) is 0 Å². The molecular weight excluding hydrogens is 242 g/mol. The molecule has 1 rings (SSSR count). The Morgan fingerprint density at radius 3 is 3.00 bits per heavy atom.